The van der Waals surface area contributed by atoms with Crippen molar-refractivity contribution in [1.82, 2.24) is 4.98 Å². The zero-order valence-corrected chi connectivity index (χ0v) is 12.9. The third-order valence-electron chi connectivity index (χ3n) is 2.93. The van der Waals surface area contributed by atoms with Crippen LogP contribution in [0.5, 0.6) is 5.75 Å². The van der Waals surface area contributed by atoms with Gasteiger partial charge in [0.25, 0.3) is 0 Å². The van der Waals surface area contributed by atoms with Crippen molar-refractivity contribution >= 4 is 22.0 Å². The van der Waals surface area contributed by atoms with E-state index in [9.17, 15) is 0 Å². The second kappa shape index (κ2) is 7.22. The van der Waals surface area contributed by atoms with Crippen LogP contribution < -0.4 is 10.5 Å². The van der Waals surface area contributed by atoms with E-state index in [2.05, 4.69) is 39.1 Å². The Hall–Kier alpha value is -1.65. The van der Waals surface area contributed by atoms with E-state index in [4.69, 9.17) is 10.5 Å². The fourth-order valence-electron chi connectivity index (χ4n) is 1.93. The molecule has 0 spiro atoms. The Bertz CT molecular complexity index is 594. The minimum Gasteiger partial charge on any atom is -0.497 e. The Morgan fingerprint density at radius 1 is 1.30 bits per heavy atom. The molecular formula is C16H17BrN2O. The summed E-state index contributed by atoms with van der Waals surface area (Å²) in [5.41, 5.74) is 8.83. The van der Waals surface area contributed by atoms with Crippen molar-refractivity contribution in [3.63, 3.8) is 0 Å². The molecule has 0 atom stereocenters. The predicted octanol–water partition coefficient (Wildman–Crippen LogP) is 3.42. The van der Waals surface area contributed by atoms with Gasteiger partial charge in [0.05, 0.1) is 12.8 Å². The second-order valence-electron chi connectivity index (χ2n) is 4.36. The molecule has 0 fully saturated rings. The van der Waals surface area contributed by atoms with Gasteiger partial charge in [-0.15, -0.1) is 0 Å². The minimum absolute atomic E-state index is 0.514. The lowest BCUT2D eigenvalue weighted by Crippen LogP contribution is -1.97. The molecule has 0 saturated heterocycles. The van der Waals surface area contributed by atoms with Crippen LogP contribution >= 0.6 is 15.9 Å². The Morgan fingerprint density at radius 2 is 2.05 bits per heavy atom. The zero-order chi connectivity index (χ0) is 14.4. The highest BCUT2D eigenvalue weighted by molar-refractivity contribution is 9.10. The molecule has 0 unspecified atom stereocenters. The first-order chi connectivity index (χ1) is 9.72. The van der Waals surface area contributed by atoms with E-state index in [1.807, 2.05) is 24.3 Å². The lowest BCUT2D eigenvalue weighted by atomic mass is 10.0. The molecule has 2 rings (SSSR count). The predicted molar refractivity (Wildman–Crippen MR) is 85.8 cm³/mol. The molecule has 104 valence electrons. The molecule has 0 radical (unpaired) electrons. The summed E-state index contributed by atoms with van der Waals surface area (Å²) in [5, 5.41) is 0. The molecule has 0 aliphatic heterocycles. The first-order valence-corrected chi connectivity index (χ1v) is 7.16. The van der Waals surface area contributed by atoms with Gasteiger partial charge in [-0.2, -0.15) is 0 Å². The van der Waals surface area contributed by atoms with Crippen LogP contribution in [0.2, 0.25) is 0 Å². The molecule has 0 aliphatic carbocycles. The van der Waals surface area contributed by atoms with Gasteiger partial charge in [0.15, 0.2) is 0 Å². The highest BCUT2D eigenvalue weighted by atomic mass is 79.9. The molecule has 0 aliphatic rings. The van der Waals surface area contributed by atoms with Gasteiger partial charge >= 0.3 is 0 Å². The van der Waals surface area contributed by atoms with Gasteiger partial charge in [-0.1, -0.05) is 18.2 Å². The molecule has 2 N–H and O–H groups in total. The second-order valence-corrected chi connectivity index (χ2v) is 5.28. The Morgan fingerprint density at radius 3 is 2.70 bits per heavy atom. The number of halogens is 1. The molecule has 0 saturated carbocycles. The molecule has 3 nitrogen and oxygen atoms in total. The number of ether oxygens (including phenoxy) is 1. The van der Waals surface area contributed by atoms with Gasteiger partial charge in [-0.3, -0.25) is 4.98 Å². The highest BCUT2D eigenvalue weighted by Crippen LogP contribution is 2.20. The van der Waals surface area contributed by atoms with E-state index in [1.165, 1.54) is 5.56 Å². The fourth-order valence-corrected chi connectivity index (χ4v) is 2.31. The highest BCUT2D eigenvalue weighted by Gasteiger charge is 2.04. The number of nitrogens with zero attached hydrogens (tertiary/aromatic N) is 1. The molecule has 1 aromatic heterocycles. The number of pyridine rings is 1. The van der Waals surface area contributed by atoms with Gasteiger partial charge < -0.3 is 10.5 Å². The Balaban J connectivity index is 2.26. The van der Waals surface area contributed by atoms with Crippen LogP contribution in [0.15, 0.2) is 47.1 Å². The van der Waals surface area contributed by atoms with Crippen LogP contribution in [0.4, 0.5) is 0 Å². The van der Waals surface area contributed by atoms with E-state index >= 15 is 0 Å². The summed E-state index contributed by atoms with van der Waals surface area (Å²) in [5.74, 6) is 0.865. The van der Waals surface area contributed by atoms with Gasteiger partial charge in [0, 0.05) is 17.2 Å². The lowest BCUT2D eigenvalue weighted by molar-refractivity contribution is 0.414. The van der Waals surface area contributed by atoms with Crippen LogP contribution in [0.25, 0.3) is 6.08 Å². The Kier molecular flexibility index (Phi) is 5.32. The molecular weight excluding hydrogens is 316 g/mol. The molecule has 1 heterocycles. The maximum absolute atomic E-state index is 5.50. The SMILES string of the molecule is COc1ccc(Cc2cc(Br)cnc2/C=C\CN)cc1. The van der Waals surface area contributed by atoms with Crippen molar-refractivity contribution < 1.29 is 4.74 Å². The third-order valence-corrected chi connectivity index (χ3v) is 3.37. The van der Waals surface area contributed by atoms with Crippen LogP contribution in [0.3, 0.4) is 0 Å². The molecule has 20 heavy (non-hydrogen) atoms. The third kappa shape index (κ3) is 3.92. The fraction of sp³-hybridized carbons (Fsp3) is 0.188. The zero-order valence-electron chi connectivity index (χ0n) is 11.3. The topological polar surface area (TPSA) is 48.1 Å². The summed E-state index contributed by atoms with van der Waals surface area (Å²) in [6.45, 7) is 0.514. The Labute approximate surface area is 127 Å². The number of hydrogen-bond donors (Lipinski definition) is 1. The van der Waals surface area contributed by atoms with Gasteiger partial charge in [0.2, 0.25) is 0 Å². The van der Waals surface area contributed by atoms with Crippen molar-refractivity contribution in [3.05, 3.63) is 63.9 Å². The summed E-state index contributed by atoms with van der Waals surface area (Å²) in [6.07, 6.45) is 6.49. The summed E-state index contributed by atoms with van der Waals surface area (Å²) >= 11 is 3.47. The largest absolute Gasteiger partial charge is 0.497 e. The van der Waals surface area contributed by atoms with Gasteiger partial charge in [-0.25, -0.2) is 0 Å². The normalized spacial score (nSPS) is 10.9. The van der Waals surface area contributed by atoms with Crippen molar-refractivity contribution in [2.75, 3.05) is 13.7 Å². The maximum atomic E-state index is 5.50. The molecule has 0 bridgehead atoms. The number of nitrogens with two attached hydrogens (primary N) is 1. The first kappa shape index (κ1) is 14.8. The number of benzene rings is 1. The van der Waals surface area contributed by atoms with E-state index in [1.54, 1.807) is 13.3 Å². The number of aromatic nitrogens is 1. The summed E-state index contributed by atoms with van der Waals surface area (Å²) in [4.78, 5) is 4.43. The average molecular weight is 333 g/mol. The lowest BCUT2D eigenvalue weighted by Gasteiger charge is -2.07. The van der Waals surface area contributed by atoms with Gasteiger partial charge in [-0.05, 0) is 57.8 Å². The standard InChI is InChI=1S/C16H17BrN2O/c1-20-15-6-4-12(5-7-15)9-13-10-14(17)11-19-16(13)3-2-8-18/h2-7,10-11H,8-9,18H2,1H3/b3-2-. The minimum atomic E-state index is 0.514. The van der Waals surface area contributed by atoms with Crippen molar-refractivity contribution in [2.24, 2.45) is 5.73 Å². The van der Waals surface area contributed by atoms with E-state index in [0.29, 0.717) is 6.54 Å². The van der Waals surface area contributed by atoms with Gasteiger partial charge in [0.1, 0.15) is 5.75 Å². The number of methoxy groups -OCH3 is 1. The quantitative estimate of drug-likeness (QED) is 0.912. The monoisotopic (exact) mass is 332 g/mol. The summed E-state index contributed by atoms with van der Waals surface area (Å²) in [6, 6.07) is 10.2. The van der Waals surface area contributed by atoms with Crippen LogP contribution in [0.1, 0.15) is 16.8 Å². The smallest absolute Gasteiger partial charge is 0.118 e. The molecule has 0 amide bonds. The van der Waals surface area contributed by atoms with Crippen molar-refractivity contribution in [1.29, 1.82) is 0 Å². The van der Waals surface area contributed by atoms with Crippen LogP contribution in [0, 0.1) is 0 Å². The average Bonchev–Trinajstić information content (AvgIpc) is 2.47. The maximum Gasteiger partial charge on any atom is 0.118 e. The van der Waals surface area contributed by atoms with E-state index < -0.39 is 0 Å². The number of hydrogen-bond acceptors (Lipinski definition) is 3. The van der Waals surface area contributed by atoms with Crippen LogP contribution in [-0.2, 0) is 6.42 Å². The number of rotatable bonds is 5. The van der Waals surface area contributed by atoms with Crippen molar-refractivity contribution in [2.45, 2.75) is 6.42 Å². The van der Waals surface area contributed by atoms with Crippen LogP contribution in [-0.4, -0.2) is 18.6 Å². The first-order valence-electron chi connectivity index (χ1n) is 6.37. The van der Waals surface area contributed by atoms with E-state index in [0.717, 1.165) is 27.9 Å². The summed E-state index contributed by atoms with van der Waals surface area (Å²) < 4.78 is 6.15. The summed E-state index contributed by atoms with van der Waals surface area (Å²) in [7, 11) is 1.67. The molecule has 1 aromatic carbocycles. The van der Waals surface area contributed by atoms with Crippen molar-refractivity contribution in [3.8, 4) is 5.75 Å². The van der Waals surface area contributed by atoms with E-state index in [-0.39, 0.29) is 0 Å². The molecule has 4 heteroatoms. The molecule has 2 aromatic rings.